The van der Waals surface area contributed by atoms with Gasteiger partial charge in [0.05, 0.1) is 12.2 Å². The van der Waals surface area contributed by atoms with Crippen molar-refractivity contribution in [1.82, 2.24) is 15.1 Å². The second-order valence-electron chi connectivity index (χ2n) is 4.28. The van der Waals surface area contributed by atoms with Crippen molar-refractivity contribution in [2.24, 2.45) is 5.73 Å². The number of hydrogen-bond acceptors (Lipinski definition) is 3. The molecule has 1 fully saturated rings. The number of hydrogen-bond donors (Lipinski definition) is 2. The lowest BCUT2D eigenvalue weighted by Crippen LogP contribution is -2.45. The lowest BCUT2D eigenvalue weighted by Gasteiger charge is -2.28. The van der Waals surface area contributed by atoms with Gasteiger partial charge in [-0.3, -0.25) is 9.48 Å². The van der Waals surface area contributed by atoms with Gasteiger partial charge in [0, 0.05) is 30.8 Å². The first-order valence-corrected chi connectivity index (χ1v) is 5.78. The molecule has 1 aromatic heterocycles. The number of rotatable bonds is 3. The van der Waals surface area contributed by atoms with Crippen molar-refractivity contribution in [2.45, 2.75) is 44.8 Å². The molecule has 2 rings (SSSR count). The molecule has 1 aliphatic heterocycles. The van der Waals surface area contributed by atoms with Crippen molar-refractivity contribution in [3.05, 3.63) is 18.0 Å². The molecule has 0 spiro atoms. The fourth-order valence-corrected chi connectivity index (χ4v) is 2.04. The summed E-state index contributed by atoms with van der Waals surface area (Å²) in [6.45, 7) is 3.01. The van der Waals surface area contributed by atoms with Crippen LogP contribution < -0.4 is 11.1 Å². The highest BCUT2D eigenvalue weighted by atomic mass is 16.1. The maximum Gasteiger partial charge on any atom is 0.220 e. The van der Waals surface area contributed by atoms with Crippen LogP contribution in [0.25, 0.3) is 0 Å². The fourth-order valence-electron chi connectivity index (χ4n) is 2.04. The van der Waals surface area contributed by atoms with E-state index in [0.29, 0.717) is 6.42 Å². The monoisotopic (exact) mass is 222 g/mol. The smallest absolute Gasteiger partial charge is 0.220 e. The van der Waals surface area contributed by atoms with Crippen LogP contribution in [0, 0.1) is 0 Å². The van der Waals surface area contributed by atoms with E-state index in [1.165, 1.54) is 0 Å². The highest BCUT2D eigenvalue weighted by molar-refractivity contribution is 5.77. The van der Waals surface area contributed by atoms with Crippen LogP contribution in [-0.4, -0.2) is 21.7 Å². The molecule has 1 amide bonds. The average Bonchev–Trinajstić information content (AvgIpc) is 2.71. The first-order valence-electron chi connectivity index (χ1n) is 5.78. The van der Waals surface area contributed by atoms with Gasteiger partial charge in [-0.25, -0.2) is 0 Å². The number of carbonyl (C=O) groups excluding carboxylic acids is 1. The highest BCUT2D eigenvalue weighted by Crippen LogP contribution is 2.22. The number of aromatic nitrogens is 2. The topological polar surface area (TPSA) is 72.9 Å². The van der Waals surface area contributed by atoms with E-state index in [9.17, 15) is 4.79 Å². The maximum atomic E-state index is 11.3. The quantitative estimate of drug-likeness (QED) is 0.785. The molecule has 0 radical (unpaired) electrons. The molecular weight excluding hydrogens is 204 g/mol. The molecule has 2 atom stereocenters. The van der Waals surface area contributed by atoms with Crippen LogP contribution >= 0.6 is 0 Å². The van der Waals surface area contributed by atoms with E-state index in [-0.39, 0.29) is 18.0 Å². The van der Waals surface area contributed by atoms with E-state index in [1.807, 2.05) is 10.9 Å². The van der Waals surface area contributed by atoms with E-state index >= 15 is 0 Å². The normalized spacial score (nSPS) is 25.5. The molecule has 2 heterocycles. The van der Waals surface area contributed by atoms with E-state index in [4.69, 9.17) is 5.73 Å². The van der Waals surface area contributed by atoms with E-state index < -0.39 is 0 Å². The van der Waals surface area contributed by atoms with Gasteiger partial charge in [-0.1, -0.05) is 6.92 Å². The number of aryl methyl sites for hydroxylation is 1. The Kier molecular flexibility index (Phi) is 3.24. The van der Waals surface area contributed by atoms with Crippen LogP contribution in [0.15, 0.2) is 12.4 Å². The van der Waals surface area contributed by atoms with Gasteiger partial charge in [-0.2, -0.15) is 5.10 Å². The summed E-state index contributed by atoms with van der Waals surface area (Å²) in [6.07, 6.45) is 6.09. The lowest BCUT2D eigenvalue weighted by molar-refractivity contribution is -0.123. The average molecular weight is 222 g/mol. The Morgan fingerprint density at radius 2 is 2.50 bits per heavy atom. The highest BCUT2D eigenvalue weighted by Gasteiger charge is 2.27. The minimum atomic E-state index is -0.0770. The molecular formula is C11H18N4O. The number of piperidine rings is 1. The number of amides is 1. The van der Waals surface area contributed by atoms with Crippen LogP contribution in [0.1, 0.15) is 37.8 Å². The SMILES string of the molecule is CCCn1cc(C2NC(=O)CCC2N)cn1. The second kappa shape index (κ2) is 4.65. The van der Waals surface area contributed by atoms with Gasteiger partial charge in [0.25, 0.3) is 0 Å². The van der Waals surface area contributed by atoms with Gasteiger partial charge < -0.3 is 11.1 Å². The first-order chi connectivity index (χ1) is 7.70. The summed E-state index contributed by atoms with van der Waals surface area (Å²) < 4.78 is 1.89. The Labute approximate surface area is 95.0 Å². The third-order valence-corrected chi connectivity index (χ3v) is 2.91. The van der Waals surface area contributed by atoms with E-state index in [0.717, 1.165) is 24.9 Å². The van der Waals surface area contributed by atoms with E-state index in [1.54, 1.807) is 6.20 Å². The molecule has 5 nitrogen and oxygen atoms in total. The van der Waals surface area contributed by atoms with E-state index in [2.05, 4.69) is 17.3 Å². The van der Waals surface area contributed by atoms with Gasteiger partial charge >= 0.3 is 0 Å². The summed E-state index contributed by atoms with van der Waals surface area (Å²) in [6, 6.07) is -0.0798. The Balaban J connectivity index is 2.11. The molecule has 0 saturated carbocycles. The molecule has 0 aliphatic carbocycles. The predicted octanol–water partition coefficient (Wildman–Crippen LogP) is 0.571. The molecule has 3 N–H and O–H groups in total. The number of nitrogens with one attached hydrogen (secondary N) is 1. The first kappa shape index (κ1) is 11.1. The minimum Gasteiger partial charge on any atom is -0.348 e. The zero-order chi connectivity index (χ0) is 11.5. The van der Waals surface area contributed by atoms with Crippen molar-refractivity contribution in [3.63, 3.8) is 0 Å². The maximum absolute atomic E-state index is 11.3. The fraction of sp³-hybridized carbons (Fsp3) is 0.636. The van der Waals surface area contributed by atoms with Gasteiger partial charge in [-0.15, -0.1) is 0 Å². The third kappa shape index (κ3) is 2.24. The lowest BCUT2D eigenvalue weighted by atomic mass is 9.95. The summed E-state index contributed by atoms with van der Waals surface area (Å²) in [5.74, 6) is 0.0786. The van der Waals surface area contributed by atoms with Gasteiger partial charge in [-0.05, 0) is 12.8 Å². The van der Waals surface area contributed by atoms with Crippen LogP contribution in [0.4, 0.5) is 0 Å². The summed E-state index contributed by atoms with van der Waals surface area (Å²) in [5.41, 5.74) is 7.01. The number of nitrogens with two attached hydrogens (primary N) is 1. The molecule has 1 saturated heterocycles. The Morgan fingerprint density at radius 3 is 3.25 bits per heavy atom. The van der Waals surface area contributed by atoms with Gasteiger partial charge in [0.2, 0.25) is 5.91 Å². The molecule has 5 heteroatoms. The van der Waals surface area contributed by atoms with Crippen LogP contribution in [0.5, 0.6) is 0 Å². The third-order valence-electron chi connectivity index (χ3n) is 2.91. The molecule has 16 heavy (non-hydrogen) atoms. The van der Waals surface area contributed by atoms with Crippen molar-refractivity contribution >= 4 is 5.91 Å². The van der Waals surface area contributed by atoms with Crippen molar-refractivity contribution in [2.75, 3.05) is 0 Å². The predicted molar refractivity (Wildman–Crippen MR) is 60.6 cm³/mol. The Hall–Kier alpha value is -1.36. The minimum absolute atomic E-state index is 0.00280. The van der Waals surface area contributed by atoms with Crippen molar-refractivity contribution in [3.8, 4) is 0 Å². The number of carbonyl (C=O) groups is 1. The summed E-state index contributed by atoms with van der Waals surface area (Å²) >= 11 is 0. The standard InChI is InChI=1S/C11H18N4O/c1-2-5-15-7-8(6-13-15)11-9(12)3-4-10(16)14-11/h6-7,9,11H,2-5,12H2,1H3,(H,14,16). The summed E-state index contributed by atoms with van der Waals surface area (Å²) in [4.78, 5) is 11.3. The second-order valence-corrected chi connectivity index (χ2v) is 4.28. The Bertz CT molecular complexity index is 374. The molecule has 0 aromatic carbocycles. The zero-order valence-corrected chi connectivity index (χ0v) is 9.52. The van der Waals surface area contributed by atoms with Crippen molar-refractivity contribution < 1.29 is 4.79 Å². The van der Waals surface area contributed by atoms with Gasteiger partial charge in [0.1, 0.15) is 0 Å². The molecule has 0 bridgehead atoms. The van der Waals surface area contributed by atoms with Crippen LogP contribution in [0.3, 0.4) is 0 Å². The van der Waals surface area contributed by atoms with Crippen LogP contribution in [0.2, 0.25) is 0 Å². The summed E-state index contributed by atoms with van der Waals surface area (Å²) in [5, 5.41) is 7.17. The molecule has 1 aliphatic rings. The summed E-state index contributed by atoms with van der Waals surface area (Å²) in [7, 11) is 0. The van der Waals surface area contributed by atoms with Gasteiger partial charge in [0.15, 0.2) is 0 Å². The largest absolute Gasteiger partial charge is 0.348 e. The van der Waals surface area contributed by atoms with Crippen LogP contribution in [-0.2, 0) is 11.3 Å². The Morgan fingerprint density at radius 1 is 1.69 bits per heavy atom. The zero-order valence-electron chi connectivity index (χ0n) is 9.52. The van der Waals surface area contributed by atoms with Crippen molar-refractivity contribution in [1.29, 1.82) is 0 Å². The molecule has 1 aromatic rings. The molecule has 88 valence electrons. The number of nitrogens with zero attached hydrogens (tertiary/aromatic N) is 2. The molecule has 2 unspecified atom stereocenters.